The Hall–Kier alpha value is -4.11. The summed E-state index contributed by atoms with van der Waals surface area (Å²) >= 11 is 0. The molecular formula is C38H49N3O10. The fraction of sp³-hybridized carbons (Fsp3) is 0.500. The molecule has 4 saturated carbocycles. The van der Waals surface area contributed by atoms with Crippen LogP contribution in [0.5, 0.6) is 0 Å². The largest absolute Gasteiger partial charge is 0.478 e. The normalized spacial score (nSPS) is 24.2. The Kier molecular flexibility index (Phi) is 12.3. The number of hydrogen-bond acceptors (Lipinski definition) is 9. The number of nitrogens with one attached hydrogen (secondary N) is 3. The third-order valence-corrected chi connectivity index (χ3v) is 10.7. The van der Waals surface area contributed by atoms with Crippen LogP contribution in [0.4, 0.5) is 5.69 Å². The third-order valence-electron chi connectivity index (χ3n) is 10.7. The SMILES string of the molecule is CNCC(O)C(O)C(O)C(O)CO.O=C(O)c1cc(NC(=O)c2cc(-c3ccccc3)[nH]c2CCC23CC4CC(CC(C4)C2)C3)cc(C(=O)O)c1. The van der Waals surface area contributed by atoms with Gasteiger partial charge in [-0.15, -0.1) is 0 Å². The lowest BCUT2D eigenvalue weighted by molar-refractivity contribution is -0.113. The zero-order chi connectivity index (χ0) is 36.9. The molecule has 4 bridgehead atoms. The number of aliphatic hydroxyl groups is 5. The van der Waals surface area contributed by atoms with Crippen LogP contribution in [0.1, 0.15) is 81.7 Å². The molecule has 51 heavy (non-hydrogen) atoms. The van der Waals surface area contributed by atoms with Gasteiger partial charge in [-0.25, -0.2) is 9.59 Å². The van der Waals surface area contributed by atoms with Crippen molar-refractivity contribution in [3.05, 3.63) is 77.0 Å². The van der Waals surface area contributed by atoms with Gasteiger partial charge < -0.3 is 51.4 Å². The minimum absolute atomic E-state index is 0.0936. The molecule has 1 aromatic heterocycles. The van der Waals surface area contributed by atoms with Crippen molar-refractivity contribution in [2.75, 3.05) is 25.5 Å². The number of rotatable bonds is 14. The van der Waals surface area contributed by atoms with Gasteiger partial charge in [0.2, 0.25) is 0 Å². The summed E-state index contributed by atoms with van der Waals surface area (Å²) in [6, 6.07) is 15.3. The van der Waals surface area contributed by atoms with E-state index in [4.69, 9.17) is 20.4 Å². The summed E-state index contributed by atoms with van der Waals surface area (Å²) in [7, 11) is 1.57. The Bertz CT molecular complexity index is 1610. The van der Waals surface area contributed by atoms with Crippen molar-refractivity contribution in [2.45, 2.75) is 75.8 Å². The lowest BCUT2D eigenvalue weighted by atomic mass is 9.48. The highest BCUT2D eigenvalue weighted by molar-refractivity contribution is 6.07. The minimum atomic E-state index is -1.55. The summed E-state index contributed by atoms with van der Waals surface area (Å²) in [4.78, 5) is 40.1. The molecule has 10 N–H and O–H groups in total. The number of amides is 1. The Labute approximate surface area is 296 Å². The van der Waals surface area contributed by atoms with Crippen LogP contribution in [-0.2, 0) is 6.42 Å². The molecule has 3 aromatic rings. The van der Waals surface area contributed by atoms with E-state index in [1.807, 2.05) is 36.4 Å². The van der Waals surface area contributed by atoms with Gasteiger partial charge in [0.1, 0.15) is 18.3 Å². The number of aromatic nitrogens is 1. The first-order valence-corrected chi connectivity index (χ1v) is 17.5. The predicted octanol–water partition coefficient (Wildman–Crippen LogP) is 3.12. The van der Waals surface area contributed by atoms with Crippen LogP contribution >= 0.6 is 0 Å². The molecule has 4 atom stereocenters. The number of carbonyl (C=O) groups is 3. The fourth-order valence-corrected chi connectivity index (χ4v) is 8.69. The molecular weight excluding hydrogens is 658 g/mol. The summed E-state index contributed by atoms with van der Waals surface area (Å²) in [5.41, 5.74) is 3.32. The van der Waals surface area contributed by atoms with E-state index >= 15 is 0 Å². The second-order valence-corrected chi connectivity index (χ2v) is 14.6. The highest BCUT2D eigenvalue weighted by atomic mass is 16.4. The van der Waals surface area contributed by atoms with E-state index in [1.165, 1.54) is 50.7 Å². The van der Waals surface area contributed by atoms with Gasteiger partial charge in [0.25, 0.3) is 5.91 Å². The molecule has 13 heteroatoms. The van der Waals surface area contributed by atoms with Crippen molar-refractivity contribution < 1.29 is 50.1 Å². The molecule has 4 aliphatic carbocycles. The Morgan fingerprint density at radius 2 is 1.37 bits per heavy atom. The van der Waals surface area contributed by atoms with Gasteiger partial charge in [0.05, 0.1) is 29.4 Å². The first kappa shape index (κ1) is 38.1. The molecule has 1 heterocycles. The monoisotopic (exact) mass is 707 g/mol. The first-order valence-electron chi connectivity index (χ1n) is 17.5. The molecule has 13 nitrogen and oxygen atoms in total. The fourth-order valence-electron chi connectivity index (χ4n) is 8.69. The van der Waals surface area contributed by atoms with Gasteiger partial charge in [-0.2, -0.15) is 0 Å². The quantitative estimate of drug-likeness (QED) is 0.117. The van der Waals surface area contributed by atoms with E-state index in [1.54, 1.807) is 7.05 Å². The summed E-state index contributed by atoms with van der Waals surface area (Å²) in [6.07, 6.45) is 4.22. The van der Waals surface area contributed by atoms with E-state index in [9.17, 15) is 29.7 Å². The molecule has 4 unspecified atom stereocenters. The lowest BCUT2D eigenvalue weighted by Gasteiger charge is -2.57. The maximum atomic E-state index is 13.5. The highest BCUT2D eigenvalue weighted by Gasteiger charge is 2.50. The Morgan fingerprint density at radius 3 is 1.88 bits per heavy atom. The maximum Gasteiger partial charge on any atom is 0.335 e. The summed E-state index contributed by atoms with van der Waals surface area (Å²) in [5, 5.41) is 69.1. The number of aromatic carboxylic acids is 2. The van der Waals surface area contributed by atoms with Crippen LogP contribution in [0.3, 0.4) is 0 Å². The zero-order valence-corrected chi connectivity index (χ0v) is 28.7. The standard InChI is InChI=1S/C31H32N2O5.C7H17NO5/c34-28(32-24-12-22(29(35)36)11-23(13-24)30(37)38)25-14-27(21-4-2-1-3-5-21)33-26(25)6-7-31-15-18-8-19(16-31)10-20(9-18)17-31;1-8-2-4(10)6(12)7(13)5(11)3-9/h1-5,11-14,18-20,33H,6-10,15-17H2,(H,32,34)(H,35,36)(H,37,38);4-13H,2-3H2,1H3. The second-order valence-electron chi connectivity index (χ2n) is 14.6. The van der Waals surface area contributed by atoms with Crippen molar-refractivity contribution in [2.24, 2.45) is 23.2 Å². The smallest absolute Gasteiger partial charge is 0.335 e. The lowest BCUT2D eigenvalue weighted by Crippen LogP contribution is -2.48. The van der Waals surface area contributed by atoms with Crippen LogP contribution in [0.2, 0.25) is 0 Å². The van der Waals surface area contributed by atoms with Crippen molar-refractivity contribution in [1.82, 2.24) is 10.3 Å². The van der Waals surface area contributed by atoms with Crippen LogP contribution in [-0.4, -0.2) is 103 Å². The average Bonchev–Trinajstić information content (AvgIpc) is 3.54. The van der Waals surface area contributed by atoms with E-state index in [-0.39, 0.29) is 29.3 Å². The van der Waals surface area contributed by atoms with E-state index in [2.05, 4.69) is 15.6 Å². The van der Waals surface area contributed by atoms with Gasteiger partial charge >= 0.3 is 11.9 Å². The van der Waals surface area contributed by atoms with E-state index in [0.717, 1.165) is 53.6 Å². The molecule has 2 aromatic carbocycles. The number of aliphatic hydroxyl groups excluding tert-OH is 5. The van der Waals surface area contributed by atoms with E-state index < -0.39 is 43.0 Å². The summed E-state index contributed by atoms with van der Waals surface area (Å²) in [6.45, 7) is -0.569. The zero-order valence-electron chi connectivity index (χ0n) is 28.7. The number of aromatic amines is 1. The van der Waals surface area contributed by atoms with Crippen molar-refractivity contribution in [3.8, 4) is 11.3 Å². The van der Waals surface area contributed by atoms with Crippen molar-refractivity contribution in [1.29, 1.82) is 0 Å². The molecule has 4 aliphatic rings. The van der Waals surface area contributed by atoms with Crippen molar-refractivity contribution in [3.63, 3.8) is 0 Å². The number of hydrogen-bond donors (Lipinski definition) is 10. The maximum absolute atomic E-state index is 13.5. The Balaban J connectivity index is 0.000000332. The molecule has 0 aliphatic heterocycles. The number of benzene rings is 2. The molecule has 0 saturated heterocycles. The molecule has 7 rings (SSSR count). The second kappa shape index (κ2) is 16.5. The van der Waals surface area contributed by atoms with E-state index in [0.29, 0.717) is 11.0 Å². The van der Waals surface area contributed by atoms with Gasteiger partial charge in [0.15, 0.2) is 0 Å². The number of carboxylic acid groups (broad SMARTS) is 2. The average molecular weight is 708 g/mol. The van der Waals surface area contributed by atoms with Crippen LogP contribution in [0.15, 0.2) is 54.6 Å². The van der Waals surface area contributed by atoms with Gasteiger partial charge in [-0.1, -0.05) is 30.3 Å². The minimum Gasteiger partial charge on any atom is -0.478 e. The number of likely N-dealkylation sites (N-methyl/N-ethyl adjacent to an activating group) is 1. The molecule has 4 fully saturated rings. The first-order chi connectivity index (χ1) is 24.3. The number of carbonyl (C=O) groups excluding carboxylic acids is 1. The van der Waals surface area contributed by atoms with Gasteiger partial charge in [-0.3, -0.25) is 4.79 Å². The molecule has 1 amide bonds. The number of H-pyrrole nitrogens is 1. The summed E-state index contributed by atoms with van der Waals surface area (Å²) in [5.74, 6) is -0.323. The number of carboxylic acids is 2. The number of aryl methyl sites for hydroxylation is 1. The van der Waals surface area contributed by atoms with Crippen LogP contribution < -0.4 is 10.6 Å². The van der Waals surface area contributed by atoms with Gasteiger partial charge in [0, 0.05) is 23.6 Å². The predicted molar refractivity (Wildman–Crippen MR) is 189 cm³/mol. The summed E-state index contributed by atoms with van der Waals surface area (Å²) < 4.78 is 0. The highest BCUT2D eigenvalue weighted by Crippen LogP contribution is 2.61. The third kappa shape index (κ3) is 9.23. The molecule has 0 radical (unpaired) electrons. The molecule has 0 spiro atoms. The molecule has 276 valence electrons. The number of anilines is 1. The van der Waals surface area contributed by atoms with Gasteiger partial charge in [-0.05, 0) is 111 Å². The van der Waals surface area contributed by atoms with Crippen LogP contribution in [0, 0.1) is 23.2 Å². The topological polar surface area (TPSA) is 233 Å². The van der Waals surface area contributed by atoms with Crippen molar-refractivity contribution >= 4 is 23.5 Å². The Morgan fingerprint density at radius 1 is 0.824 bits per heavy atom. The van der Waals surface area contributed by atoms with Crippen LogP contribution in [0.25, 0.3) is 11.3 Å².